The third-order valence-corrected chi connectivity index (χ3v) is 4.85. The van der Waals surface area contributed by atoms with Crippen molar-refractivity contribution in [1.82, 2.24) is 19.9 Å². The number of halogens is 1. The predicted octanol–water partition coefficient (Wildman–Crippen LogP) is 2.41. The van der Waals surface area contributed by atoms with E-state index in [0.717, 1.165) is 42.2 Å². The average Bonchev–Trinajstić information content (AvgIpc) is 3.02. The van der Waals surface area contributed by atoms with Crippen LogP contribution in [0.15, 0.2) is 35.3 Å². The van der Waals surface area contributed by atoms with Crippen LogP contribution in [0, 0.1) is 0 Å². The molecule has 24 heavy (non-hydrogen) atoms. The topological polar surface area (TPSA) is 48.4 Å². The molecule has 0 bridgehead atoms. The number of hydrogen-bond acceptors (Lipinski definition) is 6. The molecule has 2 aromatic rings. The van der Waals surface area contributed by atoms with Crippen molar-refractivity contribution in [2.75, 3.05) is 44.0 Å². The van der Waals surface area contributed by atoms with Crippen molar-refractivity contribution >= 4 is 27.6 Å². The highest BCUT2D eigenvalue weighted by molar-refractivity contribution is 9.10. The number of likely N-dealkylation sites (tertiary alicyclic amines) is 1. The third-order valence-electron chi connectivity index (χ3n) is 4.42. The highest BCUT2D eigenvalue weighted by Crippen LogP contribution is 2.23. The molecule has 1 fully saturated rings. The van der Waals surface area contributed by atoms with Crippen LogP contribution in [0.25, 0.3) is 0 Å². The van der Waals surface area contributed by atoms with Crippen molar-refractivity contribution in [2.45, 2.75) is 19.0 Å². The molecule has 1 aliphatic rings. The molecule has 128 valence electrons. The van der Waals surface area contributed by atoms with Gasteiger partial charge in [-0.15, -0.1) is 0 Å². The molecule has 1 unspecified atom stereocenters. The number of aromatic nitrogens is 3. The van der Waals surface area contributed by atoms with Crippen molar-refractivity contribution in [3.8, 4) is 0 Å². The largest absolute Gasteiger partial charge is 0.363 e. The minimum Gasteiger partial charge on any atom is -0.363 e. The van der Waals surface area contributed by atoms with Crippen LogP contribution in [0.1, 0.15) is 12.0 Å². The normalized spacial score (nSPS) is 17.9. The Kier molecular flexibility index (Phi) is 5.30. The molecule has 0 saturated carbocycles. The molecular weight excluding hydrogens is 368 g/mol. The Morgan fingerprint density at radius 3 is 2.71 bits per heavy atom. The second-order valence-electron chi connectivity index (χ2n) is 6.43. The fourth-order valence-corrected chi connectivity index (χ4v) is 3.45. The van der Waals surface area contributed by atoms with Gasteiger partial charge in [0.2, 0.25) is 0 Å². The average molecular weight is 391 g/mol. The SMILES string of the molecule is CN(C)c1cc(N(C)C2CCN(Cc3cncc(Br)c3)C2)ncn1. The van der Waals surface area contributed by atoms with E-state index in [2.05, 4.69) is 53.8 Å². The Hall–Kier alpha value is -1.73. The molecule has 1 aliphatic heterocycles. The maximum absolute atomic E-state index is 4.44. The summed E-state index contributed by atoms with van der Waals surface area (Å²) in [5, 5.41) is 0. The van der Waals surface area contributed by atoms with E-state index < -0.39 is 0 Å². The number of pyridine rings is 1. The van der Waals surface area contributed by atoms with Gasteiger partial charge in [-0.2, -0.15) is 0 Å². The summed E-state index contributed by atoms with van der Waals surface area (Å²) in [6, 6.07) is 4.65. The standard InChI is InChI=1S/C17H23BrN6/c1-22(2)16-7-17(21-12-20-16)23(3)15-4-5-24(11-15)10-13-6-14(18)9-19-8-13/h6-9,12,15H,4-5,10-11H2,1-3H3. The molecule has 6 nitrogen and oxygen atoms in total. The molecule has 3 rings (SSSR count). The molecule has 0 amide bonds. The van der Waals surface area contributed by atoms with Crippen molar-refractivity contribution in [3.63, 3.8) is 0 Å². The van der Waals surface area contributed by atoms with Crippen LogP contribution in [0.3, 0.4) is 0 Å². The zero-order valence-corrected chi connectivity index (χ0v) is 15.9. The maximum Gasteiger partial charge on any atom is 0.134 e. The van der Waals surface area contributed by atoms with Crippen LogP contribution in [0.4, 0.5) is 11.6 Å². The van der Waals surface area contributed by atoms with E-state index in [9.17, 15) is 0 Å². The number of rotatable bonds is 5. The maximum atomic E-state index is 4.44. The zero-order chi connectivity index (χ0) is 17.1. The van der Waals surface area contributed by atoms with Gasteiger partial charge in [-0.1, -0.05) is 0 Å². The Balaban J connectivity index is 1.63. The molecule has 2 aromatic heterocycles. The first-order valence-electron chi connectivity index (χ1n) is 8.07. The Morgan fingerprint density at radius 2 is 1.96 bits per heavy atom. The molecule has 0 aliphatic carbocycles. The van der Waals surface area contributed by atoms with Crippen LogP contribution in [-0.4, -0.2) is 60.1 Å². The van der Waals surface area contributed by atoms with E-state index in [-0.39, 0.29) is 0 Å². The summed E-state index contributed by atoms with van der Waals surface area (Å²) in [5.74, 6) is 1.91. The summed E-state index contributed by atoms with van der Waals surface area (Å²) in [6.07, 6.45) is 6.54. The molecule has 0 spiro atoms. The fraction of sp³-hybridized carbons (Fsp3) is 0.471. The smallest absolute Gasteiger partial charge is 0.134 e. The number of likely N-dealkylation sites (N-methyl/N-ethyl adjacent to an activating group) is 1. The Labute approximate surface area is 151 Å². The first-order valence-corrected chi connectivity index (χ1v) is 8.86. The van der Waals surface area contributed by atoms with Crippen LogP contribution in [0.5, 0.6) is 0 Å². The number of hydrogen-bond donors (Lipinski definition) is 0. The first-order chi connectivity index (χ1) is 11.5. The molecule has 0 radical (unpaired) electrons. The van der Waals surface area contributed by atoms with Gasteiger partial charge in [-0.25, -0.2) is 9.97 Å². The van der Waals surface area contributed by atoms with Gasteiger partial charge in [-0.3, -0.25) is 9.88 Å². The van der Waals surface area contributed by atoms with Crippen LogP contribution in [0.2, 0.25) is 0 Å². The highest BCUT2D eigenvalue weighted by Gasteiger charge is 2.26. The van der Waals surface area contributed by atoms with Gasteiger partial charge in [0.05, 0.1) is 0 Å². The van der Waals surface area contributed by atoms with Crippen molar-refractivity contribution in [2.24, 2.45) is 0 Å². The van der Waals surface area contributed by atoms with E-state index in [0.29, 0.717) is 6.04 Å². The minimum atomic E-state index is 0.468. The fourth-order valence-electron chi connectivity index (χ4n) is 3.03. The zero-order valence-electron chi connectivity index (χ0n) is 14.4. The van der Waals surface area contributed by atoms with E-state index in [4.69, 9.17) is 0 Å². The van der Waals surface area contributed by atoms with Crippen LogP contribution < -0.4 is 9.80 Å². The summed E-state index contributed by atoms with van der Waals surface area (Å²) in [5.41, 5.74) is 1.24. The minimum absolute atomic E-state index is 0.468. The predicted molar refractivity (Wildman–Crippen MR) is 100 cm³/mol. The summed E-state index contributed by atoms with van der Waals surface area (Å²) >= 11 is 3.49. The van der Waals surface area contributed by atoms with Gasteiger partial charge < -0.3 is 9.80 Å². The molecular formula is C17H23BrN6. The molecule has 1 saturated heterocycles. The van der Waals surface area contributed by atoms with Crippen molar-refractivity contribution in [1.29, 1.82) is 0 Å². The molecule has 3 heterocycles. The lowest BCUT2D eigenvalue weighted by molar-refractivity contribution is 0.325. The number of anilines is 2. The third kappa shape index (κ3) is 4.02. The molecule has 0 aromatic carbocycles. The van der Waals surface area contributed by atoms with Crippen LogP contribution in [-0.2, 0) is 6.54 Å². The Morgan fingerprint density at radius 1 is 1.17 bits per heavy atom. The van der Waals surface area contributed by atoms with E-state index in [1.54, 1.807) is 6.33 Å². The van der Waals surface area contributed by atoms with E-state index >= 15 is 0 Å². The van der Waals surface area contributed by atoms with Crippen molar-refractivity contribution in [3.05, 3.63) is 40.9 Å². The van der Waals surface area contributed by atoms with Gasteiger partial charge in [-0.05, 0) is 34.0 Å². The Bertz CT molecular complexity index is 692. The van der Waals surface area contributed by atoms with Crippen LogP contribution >= 0.6 is 15.9 Å². The lowest BCUT2D eigenvalue weighted by Crippen LogP contribution is -2.35. The van der Waals surface area contributed by atoms with Gasteiger partial charge >= 0.3 is 0 Å². The lowest BCUT2D eigenvalue weighted by atomic mass is 10.2. The summed E-state index contributed by atoms with van der Waals surface area (Å²) in [6.45, 7) is 3.06. The van der Waals surface area contributed by atoms with Crippen molar-refractivity contribution < 1.29 is 0 Å². The molecule has 1 atom stereocenters. The highest BCUT2D eigenvalue weighted by atomic mass is 79.9. The summed E-state index contributed by atoms with van der Waals surface area (Å²) < 4.78 is 1.03. The summed E-state index contributed by atoms with van der Waals surface area (Å²) in [7, 11) is 6.11. The number of nitrogens with zero attached hydrogens (tertiary/aromatic N) is 6. The van der Waals surface area contributed by atoms with Gasteiger partial charge in [0.15, 0.2) is 0 Å². The monoisotopic (exact) mass is 390 g/mol. The summed E-state index contributed by atoms with van der Waals surface area (Å²) in [4.78, 5) is 19.7. The molecule has 0 N–H and O–H groups in total. The van der Waals surface area contributed by atoms with Gasteiger partial charge in [0.25, 0.3) is 0 Å². The lowest BCUT2D eigenvalue weighted by Gasteiger charge is -2.26. The van der Waals surface area contributed by atoms with Gasteiger partial charge in [0, 0.05) is 69.8 Å². The molecule has 7 heteroatoms. The quantitative estimate of drug-likeness (QED) is 0.780. The first kappa shape index (κ1) is 17.1. The van der Waals surface area contributed by atoms with E-state index in [1.807, 2.05) is 37.5 Å². The second kappa shape index (κ2) is 7.44. The van der Waals surface area contributed by atoms with E-state index in [1.165, 1.54) is 5.56 Å². The van der Waals surface area contributed by atoms with Gasteiger partial charge in [0.1, 0.15) is 18.0 Å². The second-order valence-corrected chi connectivity index (χ2v) is 7.34.